The van der Waals surface area contributed by atoms with Crippen molar-refractivity contribution in [3.05, 3.63) is 65.7 Å². The Morgan fingerprint density at radius 3 is 3.00 bits per heavy atom. The van der Waals surface area contributed by atoms with E-state index in [9.17, 15) is 0 Å². The van der Waals surface area contributed by atoms with Crippen LogP contribution in [0.2, 0.25) is 0 Å². The topological polar surface area (TPSA) is 64.9 Å². The van der Waals surface area contributed by atoms with Gasteiger partial charge in [-0.1, -0.05) is 18.2 Å². The van der Waals surface area contributed by atoms with Gasteiger partial charge in [0.1, 0.15) is 0 Å². The van der Waals surface area contributed by atoms with Gasteiger partial charge in [-0.15, -0.1) is 0 Å². The van der Waals surface area contributed by atoms with Crippen LogP contribution >= 0.6 is 0 Å². The first-order valence-corrected chi connectivity index (χ1v) is 5.26. The largest absolute Gasteiger partial charge is 0.399 e. The van der Waals surface area contributed by atoms with Crippen LogP contribution in [-0.2, 0) is 6.42 Å². The van der Waals surface area contributed by atoms with E-state index in [1.54, 1.807) is 6.20 Å². The minimum atomic E-state index is -0.0592. The summed E-state index contributed by atoms with van der Waals surface area (Å²) in [4.78, 5) is 4.25. The molecule has 0 aromatic carbocycles. The van der Waals surface area contributed by atoms with Gasteiger partial charge in [0.05, 0.1) is 0 Å². The van der Waals surface area contributed by atoms with E-state index in [4.69, 9.17) is 11.5 Å². The summed E-state index contributed by atoms with van der Waals surface area (Å²) in [5.74, 6) is 0. The second-order valence-corrected chi connectivity index (χ2v) is 3.76. The quantitative estimate of drug-likeness (QED) is 0.778. The summed E-state index contributed by atoms with van der Waals surface area (Å²) in [6.45, 7) is 0. The molecular formula is C13H15N3. The number of pyridine rings is 1. The molecule has 0 bridgehead atoms. The van der Waals surface area contributed by atoms with Crippen LogP contribution in [0.5, 0.6) is 0 Å². The molecular weight excluding hydrogens is 198 g/mol. The minimum absolute atomic E-state index is 0.0592. The molecule has 0 radical (unpaired) electrons. The van der Waals surface area contributed by atoms with Crippen LogP contribution in [0.4, 0.5) is 0 Å². The molecule has 0 spiro atoms. The fourth-order valence-corrected chi connectivity index (χ4v) is 1.60. The van der Waals surface area contributed by atoms with E-state index >= 15 is 0 Å². The van der Waals surface area contributed by atoms with E-state index in [0.717, 1.165) is 23.4 Å². The molecule has 4 N–H and O–H groups in total. The molecule has 3 nitrogen and oxygen atoms in total. The predicted molar refractivity (Wildman–Crippen MR) is 65.4 cm³/mol. The molecule has 1 aliphatic rings. The summed E-state index contributed by atoms with van der Waals surface area (Å²) < 4.78 is 0. The van der Waals surface area contributed by atoms with Crippen molar-refractivity contribution in [3.63, 3.8) is 0 Å². The lowest BCUT2D eigenvalue weighted by molar-refractivity contribution is 0.945. The third-order valence-electron chi connectivity index (χ3n) is 2.49. The average molecular weight is 213 g/mol. The lowest BCUT2D eigenvalue weighted by Crippen LogP contribution is -2.22. The number of nitrogens with two attached hydrogens (primary N) is 2. The number of hydrogen-bond donors (Lipinski definition) is 2. The van der Waals surface area contributed by atoms with Crippen molar-refractivity contribution < 1.29 is 0 Å². The van der Waals surface area contributed by atoms with E-state index in [-0.39, 0.29) is 6.04 Å². The van der Waals surface area contributed by atoms with Crippen LogP contribution in [0, 0.1) is 0 Å². The standard InChI is InChI=1S/C13H15N3/c14-11-5-7-13(15)10(9-11)4-6-12-3-1-2-8-16-12/h1-5,7-9,13H,6,14-15H2. The van der Waals surface area contributed by atoms with E-state index in [1.807, 2.05) is 36.4 Å². The van der Waals surface area contributed by atoms with Gasteiger partial charge < -0.3 is 11.5 Å². The van der Waals surface area contributed by atoms with Crippen LogP contribution in [-0.4, -0.2) is 11.0 Å². The summed E-state index contributed by atoms with van der Waals surface area (Å²) >= 11 is 0. The number of aromatic nitrogens is 1. The molecule has 0 amide bonds. The molecule has 1 aromatic rings. The van der Waals surface area contributed by atoms with Gasteiger partial charge in [0, 0.05) is 30.1 Å². The molecule has 0 aliphatic heterocycles. The lowest BCUT2D eigenvalue weighted by Gasteiger charge is -2.13. The van der Waals surface area contributed by atoms with Gasteiger partial charge in [-0.3, -0.25) is 4.98 Å². The Bertz CT molecular complexity index is 444. The van der Waals surface area contributed by atoms with Crippen molar-refractivity contribution >= 4 is 0 Å². The van der Waals surface area contributed by atoms with Gasteiger partial charge >= 0.3 is 0 Å². The molecule has 3 heteroatoms. The Labute approximate surface area is 95.2 Å². The average Bonchev–Trinajstić information content (AvgIpc) is 2.32. The van der Waals surface area contributed by atoms with Crippen LogP contribution in [0.1, 0.15) is 5.69 Å². The van der Waals surface area contributed by atoms with Crippen molar-refractivity contribution in [2.45, 2.75) is 12.5 Å². The molecule has 0 fully saturated rings. The van der Waals surface area contributed by atoms with Crippen molar-refractivity contribution in [1.29, 1.82) is 0 Å². The first-order chi connectivity index (χ1) is 7.75. The van der Waals surface area contributed by atoms with E-state index < -0.39 is 0 Å². The Morgan fingerprint density at radius 2 is 2.25 bits per heavy atom. The van der Waals surface area contributed by atoms with Gasteiger partial charge in [-0.2, -0.15) is 0 Å². The summed E-state index contributed by atoms with van der Waals surface area (Å²) in [6.07, 6.45) is 10.3. The molecule has 1 aliphatic carbocycles. The van der Waals surface area contributed by atoms with Crippen LogP contribution < -0.4 is 11.5 Å². The second-order valence-electron chi connectivity index (χ2n) is 3.76. The molecule has 1 aromatic heterocycles. The highest BCUT2D eigenvalue weighted by molar-refractivity contribution is 5.40. The van der Waals surface area contributed by atoms with Crippen molar-refractivity contribution in [1.82, 2.24) is 4.98 Å². The van der Waals surface area contributed by atoms with E-state index in [0.29, 0.717) is 0 Å². The zero-order chi connectivity index (χ0) is 11.4. The van der Waals surface area contributed by atoms with E-state index in [1.165, 1.54) is 0 Å². The smallest absolute Gasteiger partial charge is 0.0482 e. The number of nitrogens with zero attached hydrogens (tertiary/aromatic N) is 1. The fraction of sp³-hybridized carbons (Fsp3) is 0.154. The molecule has 0 saturated heterocycles. The number of hydrogen-bond acceptors (Lipinski definition) is 3. The predicted octanol–water partition coefficient (Wildman–Crippen LogP) is 1.29. The van der Waals surface area contributed by atoms with Crippen molar-refractivity contribution in [2.24, 2.45) is 11.5 Å². The Balaban J connectivity index is 2.11. The Hall–Kier alpha value is -1.87. The Morgan fingerprint density at radius 1 is 1.38 bits per heavy atom. The lowest BCUT2D eigenvalue weighted by atomic mass is 10.00. The maximum Gasteiger partial charge on any atom is 0.0482 e. The molecule has 2 rings (SSSR count). The molecule has 1 heterocycles. The highest BCUT2D eigenvalue weighted by Gasteiger charge is 2.07. The summed E-state index contributed by atoms with van der Waals surface area (Å²) in [5.41, 5.74) is 14.5. The van der Waals surface area contributed by atoms with Crippen LogP contribution in [0.25, 0.3) is 0 Å². The Kier molecular flexibility index (Phi) is 3.17. The van der Waals surface area contributed by atoms with Gasteiger partial charge in [0.25, 0.3) is 0 Å². The zero-order valence-electron chi connectivity index (χ0n) is 9.01. The third kappa shape index (κ3) is 2.58. The molecule has 1 unspecified atom stereocenters. The van der Waals surface area contributed by atoms with Crippen LogP contribution in [0.3, 0.4) is 0 Å². The van der Waals surface area contributed by atoms with Gasteiger partial charge in [-0.25, -0.2) is 0 Å². The van der Waals surface area contributed by atoms with Crippen LogP contribution in [0.15, 0.2) is 60.0 Å². The molecule has 1 atom stereocenters. The summed E-state index contributed by atoms with van der Waals surface area (Å²) in [6, 6.07) is 5.82. The van der Waals surface area contributed by atoms with Crippen molar-refractivity contribution in [3.8, 4) is 0 Å². The molecule has 0 saturated carbocycles. The summed E-state index contributed by atoms with van der Waals surface area (Å²) in [5, 5.41) is 0. The maximum atomic E-state index is 5.93. The minimum Gasteiger partial charge on any atom is -0.399 e. The first-order valence-electron chi connectivity index (χ1n) is 5.26. The molecule has 16 heavy (non-hydrogen) atoms. The highest BCUT2D eigenvalue weighted by Crippen LogP contribution is 2.13. The summed E-state index contributed by atoms with van der Waals surface area (Å²) in [7, 11) is 0. The normalized spacial score (nSPS) is 22.2. The van der Waals surface area contributed by atoms with Crippen molar-refractivity contribution in [2.75, 3.05) is 0 Å². The number of rotatable bonds is 2. The SMILES string of the molecule is NC1=CC(=CCc2ccccn2)C(N)C=C1. The third-order valence-corrected chi connectivity index (χ3v) is 2.49. The number of allylic oxidation sites excluding steroid dienone is 2. The van der Waals surface area contributed by atoms with Gasteiger partial charge in [0.15, 0.2) is 0 Å². The molecule has 82 valence electrons. The second kappa shape index (κ2) is 4.77. The first kappa shape index (κ1) is 10.6. The van der Waals surface area contributed by atoms with Gasteiger partial charge in [0.2, 0.25) is 0 Å². The highest BCUT2D eigenvalue weighted by atomic mass is 14.7. The van der Waals surface area contributed by atoms with Gasteiger partial charge in [-0.05, 0) is 29.9 Å². The fourth-order valence-electron chi connectivity index (χ4n) is 1.60. The van der Waals surface area contributed by atoms with E-state index in [2.05, 4.69) is 11.1 Å². The monoisotopic (exact) mass is 213 g/mol. The zero-order valence-corrected chi connectivity index (χ0v) is 9.01. The maximum absolute atomic E-state index is 5.93.